The first-order valence-electron chi connectivity index (χ1n) is 7.60. The average Bonchev–Trinajstić information content (AvgIpc) is 2.45. The van der Waals surface area contributed by atoms with E-state index in [9.17, 15) is 0 Å². The highest BCUT2D eigenvalue weighted by molar-refractivity contribution is 5.85. The van der Waals surface area contributed by atoms with Crippen molar-refractivity contribution in [3.8, 4) is 0 Å². The fraction of sp³-hybridized carbons (Fsp3) is 0.625. The fourth-order valence-corrected chi connectivity index (χ4v) is 2.13. The maximum atomic E-state index is 9.11. The van der Waals surface area contributed by atoms with Crippen LogP contribution in [0.4, 0.5) is 5.69 Å². The smallest absolute Gasteiger partial charge is 0.0636 e. The molecule has 0 aliphatic rings. The van der Waals surface area contributed by atoms with Crippen LogP contribution in [0, 0.1) is 0 Å². The number of nitrogens with zero attached hydrogens (tertiary/aromatic N) is 1. The number of hydrogen-bond donors (Lipinski definition) is 3. The summed E-state index contributed by atoms with van der Waals surface area (Å²) in [5.41, 5.74) is 2.59. The SMILES string of the molecule is CCN(CC)c1ccc(CNCCNCC(C)O)cc1.Cl.Cl. The number of nitrogens with one attached hydrogen (secondary N) is 2. The van der Waals surface area contributed by atoms with Crippen LogP contribution in [-0.2, 0) is 6.54 Å². The lowest BCUT2D eigenvalue weighted by Gasteiger charge is -2.21. The first kappa shape index (κ1) is 23.7. The minimum Gasteiger partial charge on any atom is -0.392 e. The summed E-state index contributed by atoms with van der Waals surface area (Å²) < 4.78 is 0. The summed E-state index contributed by atoms with van der Waals surface area (Å²) in [4.78, 5) is 2.34. The van der Waals surface area contributed by atoms with E-state index in [1.807, 2.05) is 0 Å². The molecule has 0 heterocycles. The zero-order valence-corrected chi connectivity index (χ0v) is 15.5. The minimum atomic E-state index is -0.275. The van der Waals surface area contributed by atoms with Crippen molar-refractivity contribution in [1.82, 2.24) is 10.6 Å². The van der Waals surface area contributed by atoms with Gasteiger partial charge in [-0.15, -0.1) is 24.8 Å². The second kappa shape index (κ2) is 14.1. The zero-order valence-electron chi connectivity index (χ0n) is 13.8. The van der Waals surface area contributed by atoms with Gasteiger partial charge < -0.3 is 20.6 Å². The summed E-state index contributed by atoms with van der Waals surface area (Å²) in [6.07, 6.45) is -0.275. The molecule has 0 bridgehead atoms. The van der Waals surface area contributed by atoms with Crippen LogP contribution in [0.3, 0.4) is 0 Å². The highest BCUT2D eigenvalue weighted by Crippen LogP contribution is 2.14. The Labute approximate surface area is 147 Å². The lowest BCUT2D eigenvalue weighted by Crippen LogP contribution is -2.31. The summed E-state index contributed by atoms with van der Waals surface area (Å²) >= 11 is 0. The van der Waals surface area contributed by atoms with Crippen LogP contribution in [0.2, 0.25) is 0 Å². The minimum absolute atomic E-state index is 0. The van der Waals surface area contributed by atoms with Gasteiger partial charge in [0, 0.05) is 45.0 Å². The third kappa shape index (κ3) is 9.49. The van der Waals surface area contributed by atoms with Crippen molar-refractivity contribution in [2.45, 2.75) is 33.4 Å². The molecule has 1 atom stereocenters. The van der Waals surface area contributed by atoms with Gasteiger partial charge in [-0.1, -0.05) is 12.1 Å². The van der Waals surface area contributed by atoms with Gasteiger partial charge in [0.2, 0.25) is 0 Å². The van der Waals surface area contributed by atoms with Gasteiger partial charge in [0.05, 0.1) is 6.10 Å². The molecule has 0 amide bonds. The Morgan fingerprint density at radius 1 is 1.00 bits per heavy atom. The molecule has 22 heavy (non-hydrogen) atoms. The Morgan fingerprint density at radius 2 is 1.55 bits per heavy atom. The molecule has 1 unspecified atom stereocenters. The van der Waals surface area contributed by atoms with Crippen molar-refractivity contribution in [1.29, 1.82) is 0 Å². The highest BCUT2D eigenvalue weighted by atomic mass is 35.5. The van der Waals surface area contributed by atoms with Crippen molar-refractivity contribution >= 4 is 30.5 Å². The van der Waals surface area contributed by atoms with Crippen molar-refractivity contribution in [2.75, 3.05) is 37.6 Å². The summed E-state index contributed by atoms with van der Waals surface area (Å²) in [6, 6.07) is 8.75. The van der Waals surface area contributed by atoms with E-state index < -0.39 is 0 Å². The second-order valence-electron chi connectivity index (χ2n) is 5.07. The van der Waals surface area contributed by atoms with Crippen LogP contribution < -0.4 is 15.5 Å². The van der Waals surface area contributed by atoms with Crippen LogP contribution in [0.25, 0.3) is 0 Å². The van der Waals surface area contributed by atoms with Gasteiger partial charge in [0.1, 0.15) is 0 Å². The Kier molecular flexibility index (Phi) is 15.2. The lowest BCUT2D eigenvalue weighted by atomic mass is 10.2. The molecule has 3 N–H and O–H groups in total. The Hall–Kier alpha value is -0.520. The van der Waals surface area contributed by atoms with Crippen LogP contribution >= 0.6 is 24.8 Å². The maximum absolute atomic E-state index is 9.11. The molecule has 0 aliphatic heterocycles. The number of anilines is 1. The molecule has 1 aromatic carbocycles. The van der Waals surface area contributed by atoms with Gasteiger partial charge in [0.25, 0.3) is 0 Å². The number of hydrogen-bond acceptors (Lipinski definition) is 4. The van der Waals surface area contributed by atoms with Crippen molar-refractivity contribution in [3.63, 3.8) is 0 Å². The van der Waals surface area contributed by atoms with Crippen molar-refractivity contribution < 1.29 is 5.11 Å². The molecule has 0 aliphatic carbocycles. The van der Waals surface area contributed by atoms with Gasteiger partial charge >= 0.3 is 0 Å². The topological polar surface area (TPSA) is 47.5 Å². The monoisotopic (exact) mass is 351 g/mol. The van der Waals surface area contributed by atoms with Gasteiger partial charge in [-0.25, -0.2) is 0 Å². The van der Waals surface area contributed by atoms with Crippen LogP contribution in [0.15, 0.2) is 24.3 Å². The number of aliphatic hydroxyl groups excluding tert-OH is 1. The molecule has 4 nitrogen and oxygen atoms in total. The van der Waals surface area contributed by atoms with Gasteiger partial charge in [-0.05, 0) is 38.5 Å². The van der Waals surface area contributed by atoms with E-state index in [2.05, 4.69) is 53.6 Å². The van der Waals surface area contributed by atoms with Gasteiger partial charge in [-0.3, -0.25) is 0 Å². The standard InChI is InChI=1S/C16H29N3O.2ClH/c1-4-19(5-2)16-8-6-15(7-9-16)13-18-11-10-17-12-14(3)20;;/h6-9,14,17-18,20H,4-5,10-13H2,1-3H3;2*1H. The predicted octanol–water partition coefficient (Wildman–Crippen LogP) is 2.44. The first-order valence-corrected chi connectivity index (χ1v) is 7.60. The average molecular weight is 352 g/mol. The van der Waals surface area contributed by atoms with Gasteiger partial charge in [0.15, 0.2) is 0 Å². The molecule has 0 saturated heterocycles. The van der Waals surface area contributed by atoms with Crippen molar-refractivity contribution in [2.24, 2.45) is 0 Å². The second-order valence-corrected chi connectivity index (χ2v) is 5.07. The summed E-state index contributed by atoms with van der Waals surface area (Å²) in [6.45, 7) is 11.6. The third-order valence-electron chi connectivity index (χ3n) is 3.31. The van der Waals surface area contributed by atoms with E-state index in [1.54, 1.807) is 6.92 Å². The van der Waals surface area contributed by atoms with Crippen molar-refractivity contribution in [3.05, 3.63) is 29.8 Å². The summed E-state index contributed by atoms with van der Waals surface area (Å²) in [5.74, 6) is 0. The van der Waals surface area contributed by atoms with E-state index in [4.69, 9.17) is 5.11 Å². The first-order chi connectivity index (χ1) is 9.67. The number of aliphatic hydroxyl groups is 1. The predicted molar refractivity (Wildman–Crippen MR) is 101 cm³/mol. The highest BCUT2D eigenvalue weighted by Gasteiger charge is 2.01. The molecule has 130 valence electrons. The molecule has 0 saturated carbocycles. The fourth-order valence-electron chi connectivity index (χ4n) is 2.13. The molecule has 1 rings (SSSR count). The van der Waals surface area contributed by atoms with E-state index in [0.29, 0.717) is 6.54 Å². The molecule has 0 radical (unpaired) electrons. The Bertz CT molecular complexity index is 357. The Balaban J connectivity index is 0. The summed E-state index contributed by atoms with van der Waals surface area (Å²) in [5, 5.41) is 15.7. The maximum Gasteiger partial charge on any atom is 0.0636 e. The van der Waals surface area contributed by atoms with Crippen LogP contribution in [0.1, 0.15) is 26.3 Å². The molecule has 0 fully saturated rings. The number of benzene rings is 1. The largest absolute Gasteiger partial charge is 0.392 e. The van der Waals surface area contributed by atoms with E-state index in [0.717, 1.165) is 32.7 Å². The van der Waals surface area contributed by atoms with E-state index >= 15 is 0 Å². The molecular weight excluding hydrogens is 321 g/mol. The number of rotatable bonds is 10. The lowest BCUT2D eigenvalue weighted by molar-refractivity contribution is 0.191. The van der Waals surface area contributed by atoms with Crippen LogP contribution in [-0.4, -0.2) is 43.9 Å². The van der Waals surface area contributed by atoms with E-state index in [-0.39, 0.29) is 30.9 Å². The number of halogens is 2. The molecule has 1 aromatic rings. The quantitative estimate of drug-likeness (QED) is 0.566. The molecule has 6 heteroatoms. The summed E-state index contributed by atoms with van der Waals surface area (Å²) in [7, 11) is 0. The third-order valence-corrected chi connectivity index (χ3v) is 3.31. The molecular formula is C16H31Cl2N3O. The van der Waals surface area contributed by atoms with E-state index in [1.165, 1.54) is 11.3 Å². The molecule has 0 aromatic heterocycles. The zero-order chi connectivity index (χ0) is 14.8. The van der Waals surface area contributed by atoms with Gasteiger partial charge in [-0.2, -0.15) is 0 Å². The molecule has 0 spiro atoms. The Morgan fingerprint density at radius 3 is 2.05 bits per heavy atom. The van der Waals surface area contributed by atoms with Crippen LogP contribution in [0.5, 0.6) is 0 Å². The normalized spacial score (nSPS) is 11.3.